The van der Waals surface area contributed by atoms with E-state index in [1.807, 2.05) is 11.4 Å². The number of hydrogen-bond donors (Lipinski definition) is 3. The van der Waals surface area contributed by atoms with Gasteiger partial charge in [0, 0.05) is 11.4 Å². The second-order valence-electron chi connectivity index (χ2n) is 4.05. The third-order valence-electron chi connectivity index (χ3n) is 2.62. The Morgan fingerprint density at radius 2 is 2.05 bits per heavy atom. The molecule has 2 rings (SSSR count). The molecule has 0 saturated carbocycles. The van der Waals surface area contributed by atoms with Gasteiger partial charge >= 0.3 is 0 Å². The molecule has 1 aromatic carbocycles. The summed E-state index contributed by atoms with van der Waals surface area (Å²) < 4.78 is 22.3. The summed E-state index contributed by atoms with van der Waals surface area (Å²) in [6.45, 7) is 0.736. The summed E-state index contributed by atoms with van der Waals surface area (Å²) in [7, 11) is -3.70. The van der Waals surface area contributed by atoms with Crippen molar-refractivity contribution < 1.29 is 8.42 Å². The van der Waals surface area contributed by atoms with Crippen molar-refractivity contribution in [2.45, 2.75) is 11.3 Å². The zero-order valence-corrected chi connectivity index (χ0v) is 11.8. The third-order valence-corrected chi connectivity index (χ3v) is 4.47. The number of anilines is 2. The molecule has 2 aromatic rings. The van der Waals surface area contributed by atoms with Crippen LogP contribution >= 0.6 is 11.3 Å². The zero-order chi connectivity index (χ0) is 13.9. The number of sulfonamides is 1. The molecule has 0 unspecified atom stereocenters. The lowest BCUT2D eigenvalue weighted by Crippen LogP contribution is -2.13. The van der Waals surface area contributed by atoms with Gasteiger partial charge in [-0.15, -0.1) is 11.3 Å². The summed E-state index contributed by atoms with van der Waals surface area (Å²) >= 11 is 1.70. The number of nitrogen functional groups attached to an aromatic ring is 1. The van der Waals surface area contributed by atoms with Crippen molar-refractivity contribution in [3.05, 3.63) is 40.6 Å². The highest BCUT2D eigenvalue weighted by atomic mass is 32.2. The van der Waals surface area contributed by atoms with Gasteiger partial charge in [-0.25, -0.2) is 13.6 Å². The van der Waals surface area contributed by atoms with Crippen LogP contribution in [0.25, 0.3) is 0 Å². The second-order valence-corrected chi connectivity index (χ2v) is 6.64. The minimum atomic E-state index is -3.70. The van der Waals surface area contributed by atoms with Crippen molar-refractivity contribution >= 4 is 32.7 Å². The Morgan fingerprint density at radius 3 is 2.63 bits per heavy atom. The normalized spacial score (nSPS) is 11.4. The maximum absolute atomic E-state index is 11.2. The molecule has 0 fully saturated rings. The lowest BCUT2D eigenvalue weighted by atomic mass is 10.2. The van der Waals surface area contributed by atoms with Gasteiger partial charge in [-0.05, 0) is 36.1 Å². The van der Waals surface area contributed by atoms with E-state index in [0.29, 0.717) is 11.4 Å². The van der Waals surface area contributed by atoms with Gasteiger partial charge < -0.3 is 11.1 Å². The molecular formula is C12H15N3O2S2. The molecule has 0 aliphatic rings. The average molecular weight is 297 g/mol. The molecule has 1 aromatic heterocycles. The molecule has 19 heavy (non-hydrogen) atoms. The Kier molecular flexibility index (Phi) is 4.08. The van der Waals surface area contributed by atoms with E-state index in [2.05, 4.69) is 11.4 Å². The van der Waals surface area contributed by atoms with E-state index in [-0.39, 0.29) is 4.90 Å². The molecule has 0 radical (unpaired) electrons. The number of rotatable bonds is 5. The molecular weight excluding hydrogens is 282 g/mol. The number of benzene rings is 1. The van der Waals surface area contributed by atoms with Gasteiger partial charge in [0.1, 0.15) is 0 Å². The largest absolute Gasteiger partial charge is 0.397 e. The predicted octanol–water partition coefficient (Wildman–Crippen LogP) is 1.63. The molecule has 7 heteroatoms. The SMILES string of the molecule is Nc1cc(S(N)(=O)=O)ccc1NCCc1cccs1. The highest BCUT2D eigenvalue weighted by Gasteiger charge is 2.09. The fourth-order valence-corrected chi connectivity index (χ4v) is 2.91. The average Bonchev–Trinajstić information content (AvgIpc) is 2.83. The van der Waals surface area contributed by atoms with Crippen LogP contribution in [0.5, 0.6) is 0 Å². The first kappa shape index (κ1) is 13.9. The van der Waals surface area contributed by atoms with E-state index in [1.165, 1.54) is 17.0 Å². The minimum Gasteiger partial charge on any atom is -0.397 e. The standard InChI is InChI=1S/C12H15N3O2S2/c13-11-8-10(19(14,16)17)3-4-12(11)15-6-5-9-2-1-7-18-9/h1-4,7-8,15H,5-6,13H2,(H2,14,16,17). The van der Waals surface area contributed by atoms with Crippen molar-refractivity contribution in [1.82, 2.24) is 0 Å². The number of primary sulfonamides is 1. The molecule has 0 aliphatic heterocycles. The number of thiophene rings is 1. The Hall–Kier alpha value is -1.57. The molecule has 102 valence electrons. The fraction of sp³-hybridized carbons (Fsp3) is 0.167. The smallest absolute Gasteiger partial charge is 0.238 e. The highest BCUT2D eigenvalue weighted by molar-refractivity contribution is 7.89. The van der Waals surface area contributed by atoms with Crippen molar-refractivity contribution in [2.75, 3.05) is 17.6 Å². The maximum Gasteiger partial charge on any atom is 0.238 e. The third kappa shape index (κ3) is 3.69. The fourth-order valence-electron chi connectivity index (χ4n) is 1.65. The van der Waals surface area contributed by atoms with Crippen LogP contribution < -0.4 is 16.2 Å². The van der Waals surface area contributed by atoms with Crippen LogP contribution in [-0.2, 0) is 16.4 Å². The van der Waals surface area contributed by atoms with Crippen molar-refractivity contribution in [3.8, 4) is 0 Å². The van der Waals surface area contributed by atoms with Gasteiger partial charge in [-0.1, -0.05) is 6.07 Å². The first-order valence-corrected chi connectivity index (χ1v) is 8.08. The van der Waals surface area contributed by atoms with E-state index in [9.17, 15) is 8.42 Å². The van der Waals surface area contributed by atoms with Gasteiger partial charge in [-0.2, -0.15) is 0 Å². The van der Waals surface area contributed by atoms with Crippen LogP contribution in [0.15, 0.2) is 40.6 Å². The Labute approximate surface area is 116 Å². The zero-order valence-electron chi connectivity index (χ0n) is 10.2. The molecule has 5 N–H and O–H groups in total. The first-order chi connectivity index (χ1) is 8.97. The van der Waals surface area contributed by atoms with Gasteiger partial charge in [-0.3, -0.25) is 0 Å². The van der Waals surface area contributed by atoms with Crippen LogP contribution in [0, 0.1) is 0 Å². The molecule has 0 aliphatic carbocycles. The predicted molar refractivity (Wildman–Crippen MR) is 78.7 cm³/mol. The van der Waals surface area contributed by atoms with Crippen molar-refractivity contribution in [2.24, 2.45) is 5.14 Å². The molecule has 0 saturated heterocycles. The van der Waals surface area contributed by atoms with Crippen LogP contribution in [0.2, 0.25) is 0 Å². The number of nitrogens with two attached hydrogens (primary N) is 2. The quantitative estimate of drug-likeness (QED) is 0.731. The van der Waals surface area contributed by atoms with E-state index < -0.39 is 10.0 Å². The Balaban J connectivity index is 2.01. The maximum atomic E-state index is 11.2. The lowest BCUT2D eigenvalue weighted by molar-refractivity contribution is 0.598. The highest BCUT2D eigenvalue weighted by Crippen LogP contribution is 2.22. The van der Waals surface area contributed by atoms with Crippen molar-refractivity contribution in [1.29, 1.82) is 0 Å². The molecule has 5 nitrogen and oxygen atoms in total. The second kappa shape index (κ2) is 5.60. The van der Waals surface area contributed by atoms with E-state index >= 15 is 0 Å². The summed E-state index contributed by atoms with van der Waals surface area (Å²) in [4.78, 5) is 1.31. The summed E-state index contributed by atoms with van der Waals surface area (Å²) in [6.07, 6.45) is 0.897. The topological polar surface area (TPSA) is 98.2 Å². The van der Waals surface area contributed by atoms with Gasteiger partial charge in [0.15, 0.2) is 0 Å². The van der Waals surface area contributed by atoms with E-state index in [0.717, 1.165) is 13.0 Å². The molecule has 0 bridgehead atoms. The Bertz CT molecular complexity index is 652. The number of hydrogen-bond acceptors (Lipinski definition) is 5. The van der Waals surface area contributed by atoms with Gasteiger partial charge in [0.05, 0.1) is 16.3 Å². The van der Waals surface area contributed by atoms with E-state index in [1.54, 1.807) is 17.4 Å². The van der Waals surface area contributed by atoms with Crippen LogP contribution in [0.1, 0.15) is 4.88 Å². The molecule has 0 amide bonds. The number of nitrogens with one attached hydrogen (secondary N) is 1. The first-order valence-electron chi connectivity index (χ1n) is 5.65. The monoisotopic (exact) mass is 297 g/mol. The van der Waals surface area contributed by atoms with Crippen LogP contribution in [0.3, 0.4) is 0 Å². The summed E-state index contributed by atoms with van der Waals surface area (Å²) in [5, 5.41) is 10.2. The summed E-state index contributed by atoms with van der Waals surface area (Å²) in [6, 6.07) is 8.51. The molecule has 0 spiro atoms. The summed E-state index contributed by atoms with van der Waals surface area (Å²) in [5.41, 5.74) is 6.88. The lowest BCUT2D eigenvalue weighted by Gasteiger charge is -2.09. The van der Waals surface area contributed by atoms with Gasteiger partial charge in [0.25, 0.3) is 0 Å². The summed E-state index contributed by atoms with van der Waals surface area (Å²) in [5.74, 6) is 0. The Morgan fingerprint density at radius 1 is 1.26 bits per heavy atom. The van der Waals surface area contributed by atoms with Crippen LogP contribution in [0.4, 0.5) is 11.4 Å². The van der Waals surface area contributed by atoms with Crippen LogP contribution in [-0.4, -0.2) is 15.0 Å². The molecule has 1 heterocycles. The molecule has 0 atom stereocenters. The van der Waals surface area contributed by atoms with Gasteiger partial charge in [0.2, 0.25) is 10.0 Å². The van der Waals surface area contributed by atoms with Crippen molar-refractivity contribution in [3.63, 3.8) is 0 Å². The van der Waals surface area contributed by atoms with E-state index in [4.69, 9.17) is 10.9 Å². The minimum absolute atomic E-state index is 0.0220.